The fourth-order valence-electron chi connectivity index (χ4n) is 0. The maximum atomic E-state index is 9.24. The topological polar surface area (TPSA) is 46.5 Å². The zero-order valence-corrected chi connectivity index (χ0v) is 5.78. The van der Waals surface area contributed by atoms with Crippen molar-refractivity contribution in [1.29, 1.82) is 0 Å². The summed E-state index contributed by atoms with van der Waals surface area (Å²) in [6.45, 7) is 0. The summed E-state index contributed by atoms with van der Waals surface area (Å²) in [7, 11) is 1.64. The molecule has 0 heterocycles. The fourth-order valence-corrected chi connectivity index (χ4v) is 0. The van der Waals surface area contributed by atoms with Crippen molar-refractivity contribution in [3.8, 4) is 0 Å². The average Bonchev–Trinajstić information content (AvgIpc) is 1.38. The molecule has 1 radical (unpaired) electrons. The van der Waals surface area contributed by atoms with Crippen molar-refractivity contribution in [1.82, 2.24) is 0 Å². The Balaban J connectivity index is 0. The summed E-state index contributed by atoms with van der Waals surface area (Å²) in [4.78, 5) is 0. The predicted molar refractivity (Wildman–Crippen MR) is 21.6 cm³/mol. The molecule has 39 valence electrons. The van der Waals surface area contributed by atoms with Crippen molar-refractivity contribution in [3.05, 3.63) is 0 Å². The van der Waals surface area contributed by atoms with Crippen LogP contribution in [0.3, 0.4) is 0 Å². The molecule has 0 spiro atoms. The first-order valence-electron chi connectivity index (χ1n) is 0.752. The van der Waals surface area contributed by atoms with Crippen LogP contribution >= 0.6 is 9.47 Å². The van der Waals surface area contributed by atoms with Gasteiger partial charge in [-0.05, 0) is 0 Å². The first-order valence-corrected chi connectivity index (χ1v) is 2.25. The molecular weight excluding hydrogens is 166 g/mol. The first kappa shape index (κ1) is 10.1. The Morgan fingerprint density at radius 1 is 1.83 bits per heavy atom. The fraction of sp³-hybridized carbons (Fsp3) is 0. The summed E-state index contributed by atoms with van der Waals surface area (Å²) in [5.41, 5.74) is 0. The van der Waals surface area contributed by atoms with Crippen molar-refractivity contribution < 1.29 is 29.8 Å². The third-order valence-corrected chi connectivity index (χ3v) is 0.741. The van der Waals surface area contributed by atoms with E-state index >= 15 is 0 Å². The Bertz CT molecular complexity index is 46.1. The molecule has 2 unspecified atom stereocenters. The van der Waals surface area contributed by atoms with Gasteiger partial charge in [-0.3, -0.25) is 8.52 Å². The summed E-state index contributed by atoms with van der Waals surface area (Å²) in [6.07, 6.45) is 0. The van der Waals surface area contributed by atoms with Gasteiger partial charge in [0.15, 0.2) is 0 Å². The summed E-state index contributed by atoms with van der Waals surface area (Å²) < 4.78 is 20.5. The molecule has 2 atom stereocenters. The van der Waals surface area contributed by atoms with Gasteiger partial charge in [-0.2, -0.15) is 4.21 Å². The molecule has 3 nitrogen and oxygen atoms in total. The Labute approximate surface area is 51.1 Å². The second-order valence-corrected chi connectivity index (χ2v) is 1.52. The standard InChI is InChI=1S/Mn.H3O3PS/c;1-5(2)3-4/h;4H2,(H,1,2). The van der Waals surface area contributed by atoms with Gasteiger partial charge in [0.25, 0.3) is 0 Å². The van der Waals surface area contributed by atoms with E-state index in [4.69, 9.17) is 4.55 Å². The molecule has 0 fully saturated rings. The molecule has 0 aromatic rings. The Hall–Kier alpha value is 1.02. The summed E-state index contributed by atoms with van der Waals surface area (Å²) in [5.74, 6) is 0. The molecule has 0 saturated carbocycles. The van der Waals surface area contributed by atoms with Gasteiger partial charge < -0.3 is 0 Å². The van der Waals surface area contributed by atoms with Gasteiger partial charge in [0.05, 0.1) is 0 Å². The summed E-state index contributed by atoms with van der Waals surface area (Å²) in [5, 5.41) is 0. The van der Waals surface area contributed by atoms with Gasteiger partial charge in [-0.25, -0.2) is 0 Å². The van der Waals surface area contributed by atoms with E-state index in [-0.39, 0.29) is 17.1 Å². The minimum absolute atomic E-state index is 0. The molecule has 6 heteroatoms. The van der Waals surface area contributed by atoms with E-state index in [1.165, 1.54) is 0 Å². The molecule has 0 aliphatic rings. The molecule has 6 heavy (non-hydrogen) atoms. The minimum atomic E-state index is -2.11. The number of hydrogen-bond acceptors (Lipinski definition) is 2. The second kappa shape index (κ2) is 6.02. The molecule has 0 saturated heterocycles. The van der Waals surface area contributed by atoms with E-state index in [1.54, 1.807) is 9.47 Å². The van der Waals surface area contributed by atoms with Crippen molar-refractivity contribution in [2.45, 2.75) is 0 Å². The van der Waals surface area contributed by atoms with Crippen molar-refractivity contribution in [2.24, 2.45) is 0 Å². The molecule has 0 amide bonds. The first-order chi connectivity index (χ1) is 2.27. The molecular formula is H3MnO3PS. The Morgan fingerprint density at radius 3 is 2.00 bits per heavy atom. The van der Waals surface area contributed by atoms with Crippen LogP contribution in [-0.4, -0.2) is 8.76 Å². The smallest absolute Gasteiger partial charge is 0.284 e. The van der Waals surface area contributed by atoms with Crippen LogP contribution in [0.15, 0.2) is 0 Å². The van der Waals surface area contributed by atoms with Gasteiger partial charge in [-0.1, -0.05) is 0 Å². The van der Waals surface area contributed by atoms with E-state index in [9.17, 15) is 4.21 Å². The maximum Gasteiger partial charge on any atom is 0.304 e. The van der Waals surface area contributed by atoms with Crippen molar-refractivity contribution in [2.75, 3.05) is 0 Å². The minimum Gasteiger partial charge on any atom is -0.284 e. The van der Waals surface area contributed by atoms with Crippen molar-refractivity contribution in [3.63, 3.8) is 0 Å². The molecule has 0 aromatic heterocycles. The molecule has 0 bridgehead atoms. The van der Waals surface area contributed by atoms with Crippen LogP contribution in [0.25, 0.3) is 0 Å². The molecule has 0 aliphatic heterocycles. The monoisotopic (exact) mass is 169 g/mol. The third-order valence-electron chi connectivity index (χ3n) is 0.0823. The van der Waals surface area contributed by atoms with Gasteiger partial charge in [0, 0.05) is 26.5 Å². The maximum absolute atomic E-state index is 9.24. The van der Waals surface area contributed by atoms with Gasteiger partial charge in [0.1, 0.15) is 0 Å². The van der Waals surface area contributed by atoms with Gasteiger partial charge in [-0.15, -0.1) is 0 Å². The van der Waals surface area contributed by atoms with Crippen LogP contribution in [-0.2, 0) is 32.4 Å². The van der Waals surface area contributed by atoms with E-state index in [2.05, 4.69) is 3.97 Å². The molecule has 1 N–H and O–H groups in total. The van der Waals surface area contributed by atoms with E-state index in [0.717, 1.165) is 0 Å². The van der Waals surface area contributed by atoms with E-state index < -0.39 is 11.4 Å². The largest absolute Gasteiger partial charge is 0.304 e. The molecule has 0 aromatic carbocycles. The number of hydrogen-bond donors (Lipinski definition) is 1. The molecule has 0 aliphatic carbocycles. The van der Waals surface area contributed by atoms with Crippen LogP contribution < -0.4 is 0 Å². The van der Waals surface area contributed by atoms with Crippen LogP contribution in [0.4, 0.5) is 0 Å². The van der Waals surface area contributed by atoms with Crippen LogP contribution in [0.2, 0.25) is 0 Å². The van der Waals surface area contributed by atoms with Crippen molar-refractivity contribution >= 4 is 20.8 Å². The van der Waals surface area contributed by atoms with Gasteiger partial charge in [0.2, 0.25) is 0 Å². The summed E-state index contributed by atoms with van der Waals surface area (Å²) in [6, 6.07) is 0. The Morgan fingerprint density at radius 2 is 2.00 bits per heavy atom. The zero-order valence-electron chi connectivity index (χ0n) is 2.63. The van der Waals surface area contributed by atoms with Crippen LogP contribution in [0, 0.1) is 0 Å². The van der Waals surface area contributed by atoms with Crippen LogP contribution in [0.1, 0.15) is 0 Å². The predicted octanol–water partition coefficient (Wildman–Crippen LogP) is -0.0727. The third kappa shape index (κ3) is 8.89. The van der Waals surface area contributed by atoms with Gasteiger partial charge >= 0.3 is 11.4 Å². The SMILES string of the molecule is O=S(O)OP.[Mn]. The molecule has 0 rings (SSSR count). The van der Waals surface area contributed by atoms with E-state index in [0.29, 0.717) is 0 Å². The number of rotatable bonds is 1. The van der Waals surface area contributed by atoms with E-state index in [1.807, 2.05) is 0 Å². The second-order valence-electron chi connectivity index (χ2n) is 0.313. The normalized spacial score (nSPS) is 12.3. The van der Waals surface area contributed by atoms with Crippen LogP contribution in [0.5, 0.6) is 0 Å². The Kier molecular flexibility index (Phi) is 10.1. The zero-order chi connectivity index (χ0) is 4.28. The quantitative estimate of drug-likeness (QED) is 0.339. The average molecular weight is 169 g/mol. The summed E-state index contributed by atoms with van der Waals surface area (Å²) >= 11 is -2.11.